The summed E-state index contributed by atoms with van der Waals surface area (Å²) >= 11 is 0. The lowest BCUT2D eigenvalue weighted by molar-refractivity contribution is -0.118. The van der Waals surface area contributed by atoms with Crippen molar-refractivity contribution in [3.63, 3.8) is 0 Å². The molecule has 1 amide bonds. The Balaban J connectivity index is 1.87. The molecule has 0 fully saturated rings. The summed E-state index contributed by atoms with van der Waals surface area (Å²) in [6, 6.07) is 9.93. The molecule has 3 rings (SSSR count). The van der Waals surface area contributed by atoms with Crippen LogP contribution in [0.15, 0.2) is 53.7 Å². The molecular formula is C17H18N4O3S. The van der Waals surface area contributed by atoms with Crippen LogP contribution in [0.1, 0.15) is 13.8 Å². The fourth-order valence-corrected chi connectivity index (χ4v) is 3.53. The molecule has 2 aromatic heterocycles. The first-order chi connectivity index (χ1) is 11.9. The molecule has 0 atom stereocenters. The van der Waals surface area contributed by atoms with Gasteiger partial charge in [0.05, 0.1) is 5.69 Å². The Morgan fingerprint density at radius 1 is 1.16 bits per heavy atom. The lowest BCUT2D eigenvalue weighted by atomic mass is 10.2. The number of pyridine rings is 1. The van der Waals surface area contributed by atoms with Gasteiger partial charge in [-0.05, 0) is 30.3 Å². The average molecular weight is 358 g/mol. The first kappa shape index (κ1) is 17.0. The number of anilines is 2. The molecule has 3 aromatic rings. The number of rotatable bonds is 5. The third-order valence-corrected chi connectivity index (χ3v) is 5.03. The molecule has 2 heterocycles. The highest BCUT2D eigenvalue weighted by molar-refractivity contribution is 7.93. The lowest BCUT2D eigenvalue weighted by Gasteiger charge is -2.11. The van der Waals surface area contributed by atoms with Crippen LogP contribution in [0.3, 0.4) is 0 Å². The van der Waals surface area contributed by atoms with Crippen LogP contribution >= 0.6 is 0 Å². The molecule has 0 aliphatic rings. The quantitative estimate of drug-likeness (QED) is 0.652. The van der Waals surface area contributed by atoms with E-state index in [1.807, 2.05) is 0 Å². The highest BCUT2D eigenvalue weighted by Gasteiger charge is 2.19. The number of nitrogens with zero attached hydrogens (tertiary/aromatic N) is 1. The number of aromatic amines is 1. The van der Waals surface area contributed by atoms with Crippen LogP contribution in [0.25, 0.3) is 11.0 Å². The minimum atomic E-state index is -3.79. The van der Waals surface area contributed by atoms with Crippen LogP contribution in [0.5, 0.6) is 0 Å². The summed E-state index contributed by atoms with van der Waals surface area (Å²) in [5.74, 6) is -0.304. The van der Waals surface area contributed by atoms with E-state index >= 15 is 0 Å². The number of carbonyl (C=O) groups is 1. The van der Waals surface area contributed by atoms with Crippen molar-refractivity contribution in [1.29, 1.82) is 0 Å². The van der Waals surface area contributed by atoms with Gasteiger partial charge in [0, 0.05) is 29.4 Å². The first-order valence-corrected chi connectivity index (χ1v) is 9.21. The van der Waals surface area contributed by atoms with E-state index in [-0.39, 0.29) is 16.7 Å². The zero-order valence-electron chi connectivity index (χ0n) is 13.8. The molecule has 0 aliphatic carbocycles. The Kier molecular flexibility index (Phi) is 4.45. The fraction of sp³-hybridized carbons (Fsp3) is 0.176. The maximum atomic E-state index is 12.7. The molecule has 3 N–H and O–H groups in total. The second-order valence-corrected chi connectivity index (χ2v) is 7.53. The number of hydrogen-bond donors (Lipinski definition) is 3. The SMILES string of the molecule is CC(C)C(=O)Nc1cccc(NS(=O)(=O)c2c[nH]c3ncccc23)c1. The van der Waals surface area contributed by atoms with Gasteiger partial charge in [0.2, 0.25) is 5.91 Å². The number of fused-ring (bicyclic) bond motifs is 1. The monoisotopic (exact) mass is 358 g/mol. The minimum absolute atomic E-state index is 0.118. The zero-order valence-corrected chi connectivity index (χ0v) is 14.6. The van der Waals surface area contributed by atoms with Crippen LogP contribution in [-0.4, -0.2) is 24.3 Å². The van der Waals surface area contributed by atoms with Gasteiger partial charge in [-0.3, -0.25) is 9.52 Å². The molecule has 7 nitrogen and oxygen atoms in total. The Morgan fingerprint density at radius 2 is 1.92 bits per heavy atom. The van der Waals surface area contributed by atoms with E-state index in [4.69, 9.17) is 0 Å². The molecule has 0 bridgehead atoms. The molecule has 0 radical (unpaired) electrons. The Bertz CT molecular complexity index is 1030. The highest BCUT2D eigenvalue weighted by Crippen LogP contribution is 2.24. The van der Waals surface area contributed by atoms with Crippen LogP contribution in [-0.2, 0) is 14.8 Å². The number of amides is 1. The number of aromatic nitrogens is 2. The van der Waals surface area contributed by atoms with Crippen molar-refractivity contribution in [1.82, 2.24) is 9.97 Å². The van der Waals surface area contributed by atoms with E-state index in [1.165, 1.54) is 6.20 Å². The van der Waals surface area contributed by atoms with Crippen molar-refractivity contribution in [2.75, 3.05) is 10.0 Å². The standard InChI is InChI=1S/C17H18N4O3S/c1-11(2)17(22)20-12-5-3-6-13(9-12)21-25(23,24)15-10-19-16-14(15)7-4-8-18-16/h3-11,21H,1-2H3,(H,18,19)(H,20,22). The second-order valence-electron chi connectivity index (χ2n) is 5.88. The normalized spacial score (nSPS) is 11.6. The van der Waals surface area contributed by atoms with Gasteiger partial charge < -0.3 is 10.3 Å². The Labute approximate surface area is 145 Å². The molecule has 0 spiro atoms. The average Bonchev–Trinajstić information content (AvgIpc) is 2.99. The molecule has 0 saturated heterocycles. The molecule has 1 aromatic carbocycles. The van der Waals surface area contributed by atoms with E-state index < -0.39 is 10.0 Å². The van der Waals surface area contributed by atoms with Gasteiger partial charge in [-0.1, -0.05) is 19.9 Å². The molecule has 25 heavy (non-hydrogen) atoms. The van der Waals surface area contributed by atoms with E-state index in [0.29, 0.717) is 22.4 Å². The first-order valence-electron chi connectivity index (χ1n) is 7.72. The highest BCUT2D eigenvalue weighted by atomic mass is 32.2. The van der Waals surface area contributed by atoms with Crippen LogP contribution in [0, 0.1) is 5.92 Å². The third-order valence-electron chi connectivity index (χ3n) is 3.61. The van der Waals surface area contributed by atoms with Gasteiger partial charge in [-0.2, -0.15) is 0 Å². The smallest absolute Gasteiger partial charge is 0.264 e. The predicted molar refractivity (Wildman–Crippen MR) is 96.8 cm³/mol. The molecular weight excluding hydrogens is 340 g/mol. The number of benzene rings is 1. The van der Waals surface area contributed by atoms with Crippen LogP contribution < -0.4 is 10.0 Å². The van der Waals surface area contributed by atoms with Crippen molar-refractivity contribution < 1.29 is 13.2 Å². The van der Waals surface area contributed by atoms with Crippen LogP contribution in [0.2, 0.25) is 0 Å². The van der Waals surface area contributed by atoms with Crippen molar-refractivity contribution in [3.8, 4) is 0 Å². The van der Waals surface area contributed by atoms with Crippen molar-refractivity contribution in [3.05, 3.63) is 48.8 Å². The number of carbonyl (C=O) groups excluding carboxylic acids is 1. The fourth-order valence-electron chi connectivity index (χ4n) is 2.31. The Hall–Kier alpha value is -2.87. The van der Waals surface area contributed by atoms with Gasteiger partial charge in [0.15, 0.2) is 0 Å². The molecule has 0 aliphatic heterocycles. The van der Waals surface area contributed by atoms with Gasteiger partial charge >= 0.3 is 0 Å². The maximum absolute atomic E-state index is 12.7. The van der Waals surface area contributed by atoms with Crippen LogP contribution in [0.4, 0.5) is 11.4 Å². The largest absolute Gasteiger partial charge is 0.345 e. The summed E-state index contributed by atoms with van der Waals surface area (Å²) in [5, 5.41) is 3.26. The van der Waals surface area contributed by atoms with E-state index in [2.05, 4.69) is 20.0 Å². The topological polar surface area (TPSA) is 104 Å². The van der Waals surface area contributed by atoms with Gasteiger partial charge in [-0.25, -0.2) is 13.4 Å². The van der Waals surface area contributed by atoms with E-state index in [0.717, 1.165) is 0 Å². The predicted octanol–water partition coefficient (Wildman–Crippen LogP) is 2.96. The number of hydrogen-bond acceptors (Lipinski definition) is 4. The number of sulfonamides is 1. The molecule has 0 unspecified atom stereocenters. The summed E-state index contributed by atoms with van der Waals surface area (Å²) in [6.45, 7) is 3.57. The number of nitrogens with one attached hydrogen (secondary N) is 3. The van der Waals surface area contributed by atoms with Gasteiger partial charge in [0.25, 0.3) is 10.0 Å². The summed E-state index contributed by atoms with van der Waals surface area (Å²) < 4.78 is 27.9. The lowest BCUT2D eigenvalue weighted by Crippen LogP contribution is -2.18. The van der Waals surface area contributed by atoms with Crippen molar-refractivity contribution >= 4 is 38.3 Å². The Morgan fingerprint density at radius 3 is 2.68 bits per heavy atom. The van der Waals surface area contributed by atoms with Crippen molar-refractivity contribution in [2.45, 2.75) is 18.7 Å². The maximum Gasteiger partial charge on any atom is 0.264 e. The summed E-state index contributed by atoms with van der Waals surface area (Å²) in [5.41, 5.74) is 1.39. The second kappa shape index (κ2) is 6.56. The summed E-state index contributed by atoms with van der Waals surface area (Å²) in [4.78, 5) is 18.8. The van der Waals surface area contributed by atoms with Gasteiger partial charge in [-0.15, -0.1) is 0 Å². The molecule has 130 valence electrons. The number of H-pyrrole nitrogens is 1. The molecule has 0 saturated carbocycles. The van der Waals surface area contributed by atoms with Gasteiger partial charge in [0.1, 0.15) is 10.5 Å². The zero-order chi connectivity index (χ0) is 18.0. The minimum Gasteiger partial charge on any atom is -0.345 e. The third kappa shape index (κ3) is 3.63. The van der Waals surface area contributed by atoms with Crippen molar-refractivity contribution in [2.24, 2.45) is 5.92 Å². The molecule has 8 heteroatoms. The van der Waals surface area contributed by atoms with E-state index in [9.17, 15) is 13.2 Å². The summed E-state index contributed by atoms with van der Waals surface area (Å²) in [7, 11) is -3.79. The summed E-state index contributed by atoms with van der Waals surface area (Å²) in [6.07, 6.45) is 2.99. The van der Waals surface area contributed by atoms with E-state index in [1.54, 1.807) is 56.4 Å².